The normalized spacial score (nSPS) is 17.7. The predicted molar refractivity (Wildman–Crippen MR) is 108 cm³/mol. The van der Waals surface area contributed by atoms with E-state index in [2.05, 4.69) is 10.2 Å². The molecule has 0 amide bonds. The molecule has 2 aromatic carbocycles. The third kappa shape index (κ3) is 3.41. The highest BCUT2D eigenvalue weighted by molar-refractivity contribution is 7.89. The van der Waals surface area contributed by atoms with Gasteiger partial charge in [0.05, 0.1) is 29.9 Å². The average molecular weight is 418 g/mol. The highest BCUT2D eigenvalue weighted by Crippen LogP contribution is 2.40. The Labute approximate surface area is 169 Å². The molecule has 0 unspecified atom stereocenters. The van der Waals surface area contributed by atoms with Crippen LogP contribution in [-0.4, -0.2) is 36.6 Å². The van der Waals surface area contributed by atoms with Crippen LogP contribution in [-0.2, 0) is 10.0 Å². The van der Waals surface area contributed by atoms with E-state index in [1.165, 1.54) is 0 Å². The summed E-state index contributed by atoms with van der Waals surface area (Å²) in [6.07, 6.45) is 3.25. The molecular formula is C20H20ClN3O3S. The van der Waals surface area contributed by atoms with Crippen LogP contribution in [0.2, 0.25) is 5.02 Å². The van der Waals surface area contributed by atoms with Gasteiger partial charge in [-0.1, -0.05) is 23.7 Å². The maximum absolute atomic E-state index is 13.2. The molecule has 4 rings (SSSR count). The number of sulfonamides is 1. The van der Waals surface area contributed by atoms with Crippen molar-refractivity contribution in [3.05, 3.63) is 65.4 Å². The number of rotatable bonds is 5. The van der Waals surface area contributed by atoms with Crippen molar-refractivity contribution in [2.24, 2.45) is 0 Å². The molecule has 0 saturated carbocycles. The van der Waals surface area contributed by atoms with Gasteiger partial charge in [0.25, 0.3) is 0 Å². The second kappa shape index (κ2) is 7.58. The lowest BCUT2D eigenvalue weighted by Gasteiger charge is -2.24. The number of nitrogens with zero attached hydrogens (tertiary/aromatic N) is 2. The quantitative estimate of drug-likeness (QED) is 0.672. The first-order chi connectivity index (χ1) is 13.5. The zero-order chi connectivity index (χ0) is 19.7. The molecule has 2 heterocycles. The van der Waals surface area contributed by atoms with Crippen molar-refractivity contribution in [2.45, 2.75) is 23.8 Å². The number of halogens is 1. The smallest absolute Gasteiger partial charge is 0.243 e. The van der Waals surface area contributed by atoms with Gasteiger partial charge >= 0.3 is 0 Å². The van der Waals surface area contributed by atoms with Crippen molar-refractivity contribution in [3.8, 4) is 16.9 Å². The van der Waals surface area contributed by atoms with Crippen LogP contribution in [0, 0.1) is 0 Å². The fourth-order valence-corrected chi connectivity index (χ4v) is 5.42. The van der Waals surface area contributed by atoms with Gasteiger partial charge in [-0.2, -0.15) is 9.40 Å². The third-order valence-corrected chi connectivity index (χ3v) is 7.18. The van der Waals surface area contributed by atoms with Crippen LogP contribution < -0.4 is 4.74 Å². The second-order valence-electron chi connectivity index (χ2n) is 6.66. The molecule has 0 aliphatic carbocycles. The Morgan fingerprint density at radius 1 is 1.21 bits per heavy atom. The van der Waals surface area contributed by atoms with E-state index in [-0.39, 0.29) is 10.9 Å². The summed E-state index contributed by atoms with van der Waals surface area (Å²) >= 11 is 5.91. The molecule has 8 heteroatoms. The summed E-state index contributed by atoms with van der Waals surface area (Å²) in [4.78, 5) is 0.242. The number of nitrogens with one attached hydrogen (secondary N) is 1. The molecule has 3 aromatic rings. The van der Waals surface area contributed by atoms with Crippen LogP contribution in [0.1, 0.15) is 24.6 Å². The van der Waals surface area contributed by atoms with Gasteiger partial charge < -0.3 is 4.74 Å². The zero-order valence-electron chi connectivity index (χ0n) is 15.3. The molecule has 1 aromatic heterocycles. The number of hydrogen-bond acceptors (Lipinski definition) is 4. The van der Waals surface area contributed by atoms with Crippen molar-refractivity contribution in [1.29, 1.82) is 0 Å². The van der Waals surface area contributed by atoms with E-state index in [4.69, 9.17) is 16.3 Å². The van der Waals surface area contributed by atoms with E-state index in [0.29, 0.717) is 11.6 Å². The van der Waals surface area contributed by atoms with Crippen LogP contribution in [0.15, 0.2) is 59.6 Å². The van der Waals surface area contributed by atoms with Gasteiger partial charge in [0.1, 0.15) is 5.75 Å². The lowest BCUT2D eigenvalue weighted by atomic mass is 10.0. The Hall–Kier alpha value is -2.35. The van der Waals surface area contributed by atoms with Crippen LogP contribution in [0.3, 0.4) is 0 Å². The van der Waals surface area contributed by atoms with Gasteiger partial charge in [0, 0.05) is 17.1 Å². The molecule has 1 N–H and O–H groups in total. The van der Waals surface area contributed by atoms with Crippen molar-refractivity contribution in [1.82, 2.24) is 14.5 Å². The van der Waals surface area contributed by atoms with Gasteiger partial charge in [0.15, 0.2) is 0 Å². The number of hydrogen-bond donors (Lipinski definition) is 1. The molecule has 6 nitrogen and oxygen atoms in total. The monoisotopic (exact) mass is 417 g/mol. The van der Waals surface area contributed by atoms with Gasteiger partial charge in [-0.25, -0.2) is 8.42 Å². The maximum Gasteiger partial charge on any atom is 0.243 e. The van der Waals surface area contributed by atoms with Crippen LogP contribution in [0.5, 0.6) is 5.75 Å². The fraction of sp³-hybridized carbons (Fsp3) is 0.250. The van der Waals surface area contributed by atoms with Gasteiger partial charge in [-0.05, 0) is 54.8 Å². The van der Waals surface area contributed by atoms with E-state index < -0.39 is 10.0 Å². The highest BCUT2D eigenvalue weighted by Gasteiger charge is 2.38. The molecular weight excluding hydrogens is 398 g/mol. The number of H-pyrrole nitrogens is 1. The number of methoxy groups -OCH3 is 1. The molecule has 1 atom stereocenters. The van der Waals surface area contributed by atoms with E-state index in [1.54, 1.807) is 41.9 Å². The second-order valence-corrected chi connectivity index (χ2v) is 8.98. The molecule has 1 fully saturated rings. The highest BCUT2D eigenvalue weighted by atomic mass is 35.5. The van der Waals surface area contributed by atoms with Crippen molar-refractivity contribution in [2.75, 3.05) is 13.7 Å². The topological polar surface area (TPSA) is 75.3 Å². The summed E-state index contributed by atoms with van der Waals surface area (Å²) in [5.74, 6) is 0.738. The Bertz CT molecular complexity index is 1080. The Morgan fingerprint density at radius 3 is 2.75 bits per heavy atom. The molecule has 146 valence electrons. The van der Waals surface area contributed by atoms with Crippen molar-refractivity contribution < 1.29 is 13.2 Å². The standard InChI is InChI=1S/C20H20ClN3O3S/c1-27-16-5-2-4-14(12-16)18-13-22-23-20(18)19-6-3-11-24(19)28(25,26)17-9-7-15(21)8-10-17/h2,4-5,7-10,12-13,19H,3,6,11H2,1H3,(H,22,23)/t19-/m1/s1. The lowest BCUT2D eigenvalue weighted by Crippen LogP contribution is -2.31. The molecule has 1 aliphatic heterocycles. The molecule has 0 spiro atoms. The van der Waals surface area contributed by atoms with Crippen LogP contribution in [0.4, 0.5) is 0 Å². The summed E-state index contributed by atoms with van der Waals surface area (Å²) in [6, 6.07) is 13.6. The largest absolute Gasteiger partial charge is 0.497 e. The summed E-state index contributed by atoms with van der Waals surface area (Å²) in [5, 5.41) is 7.73. The molecule has 1 saturated heterocycles. The van der Waals surface area contributed by atoms with Gasteiger partial charge in [-0.3, -0.25) is 5.10 Å². The van der Waals surface area contributed by atoms with Gasteiger partial charge in [-0.15, -0.1) is 0 Å². The Kier molecular flexibility index (Phi) is 5.14. The van der Waals surface area contributed by atoms with Crippen LogP contribution >= 0.6 is 11.6 Å². The molecule has 0 bridgehead atoms. The molecule has 28 heavy (non-hydrogen) atoms. The SMILES string of the molecule is COc1cccc(-c2cn[nH]c2[C@H]2CCCN2S(=O)(=O)c2ccc(Cl)cc2)c1. The van der Waals surface area contributed by atoms with E-state index in [9.17, 15) is 8.42 Å². The minimum Gasteiger partial charge on any atom is -0.497 e. The van der Waals surface area contributed by atoms with Crippen molar-refractivity contribution in [3.63, 3.8) is 0 Å². The van der Waals surface area contributed by atoms with E-state index in [0.717, 1.165) is 35.4 Å². The third-order valence-electron chi connectivity index (χ3n) is 5.01. The number of ether oxygens (including phenoxy) is 1. The summed E-state index contributed by atoms with van der Waals surface area (Å²) < 4.78 is 33.3. The van der Waals surface area contributed by atoms with Gasteiger partial charge in [0.2, 0.25) is 10.0 Å². The Morgan fingerprint density at radius 2 is 2.00 bits per heavy atom. The zero-order valence-corrected chi connectivity index (χ0v) is 16.9. The van der Waals surface area contributed by atoms with Crippen molar-refractivity contribution >= 4 is 21.6 Å². The first kappa shape index (κ1) is 19.0. The van der Waals surface area contributed by atoms with E-state index >= 15 is 0 Å². The minimum absolute atomic E-state index is 0.242. The lowest BCUT2D eigenvalue weighted by molar-refractivity contribution is 0.390. The molecule has 1 aliphatic rings. The molecule has 0 radical (unpaired) electrons. The van der Waals surface area contributed by atoms with Crippen LogP contribution in [0.25, 0.3) is 11.1 Å². The first-order valence-corrected chi connectivity index (χ1v) is 10.8. The maximum atomic E-state index is 13.2. The first-order valence-electron chi connectivity index (χ1n) is 8.96. The number of benzene rings is 2. The summed E-state index contributed by atoms with van der Waals surface area (Å²) in [6.45, 7) is 0.464. The Balaban J connectivity index is 1.72. The number of aromatic nitrogens is 2. The predicted octanol–water partition coefficient (Wildman–Crippen LogP) is 4.26. The minimum atomic E-state index is -3.64. The summed E-state index contributed by atoms with van der Waals surface area (Å²) in [5.41, 5.74) is 2.60. The fourth-order valence-electron chi connectivity index (χ4n) is 3.63. The van der Waals surface area contributed by atoms with E-state index in [1.807, 2.05) is 24.3 Å². The average Bonchev–Trinajstić information content (AvgIpc) is 3.37. The number of aromatic amines is 1. The summed E-state index contributed by atoms with van der Waals surface area (Å²) in [7, 11) is -2.02.